The predicted octanol–water partition coefficient (Wildman–Crippen LogP) is 2.80. The second-order valence-corrected chi connectivity index (χ2v) is 5.72. The normalized spacial score (nSPS) is 12.6. The summed E-state index contributed by atoms with van der Waals surface area (Å²) in [4.78, 5) is 1.23. The van der Waals surface area contributed by atoms with Gasteiger partial charge in [-0.05, 0) is 24.6 Å². The van der Waals surface area contributed by atoms with E-state index in [0.29, 0.717) is 6.61 Å². The Morgan fingerprint density at radius 1 is 1.53 bits per heavy atom. The van der Waals surface area contributed by atoms with Gasteiger partial charge in [-0.1, -0.05) is 28.9 Å². The molecule has 0 spiro atoms. The Morgan fingerprint density at radius 3 is 3.00 bits per heavy atom. The van der Waals surface area contributed by atoms with Crippen molar-refractivity contribution in [2.75, 3.05) is 19.0 Å². The molecule has 0 bridgehead atoms. The van der Waals surface area contributed by atoms with Crippen LogP contribution in [-0.2, 0) is 4.74 Å². The second-order valence-electron chi connectivity index (χ2n) is 3.71. The van der Waals surface area contributed by atoms with Crippen LogP contribution in [0.2, 0.25) is 0 Å². The highest BCUT2D eigenvalue weighted by Gasteiger charge is 2.07. The molecule has 0 amide bonds. The largest absolute Gasteiger partial charge is 0.380 e. The van der Waals surface area contributed by atoms with Crippen LogP contribution in [0.25, 0.3) is 0 Å². The van der Waals surface area contributed by atoms with Gasteiger partial charge in [0.05, 0.1) is 12.6 Å². The Bertz CT molecular complexity index is 325. The summed E-state index contributed by atoms with van der Waals surface area (Å²) >= 11 is 5.23. The van der Waals surface area contributed by atoms with Crippen LogP contribution in [0.3, 0.4) is 0 Å². The smallest absolute Gasteiger partial charge is 0.0641 e. The van der Waals surface area contributed by atoms with E-state index in [1.165, 1.54) is 4.90 Å². The van der Waals surface area contributed by atoms with Gasteiger partial charge in [0.2, 0.25) is 0 Å². The molecule has 0 aliphatic carbocycles. The summed E-state index contributed by atoms with van der Waals surface area (Å²) in [6, 6.07) is 8.43. The average molecular weight is 319 g/mol. The third-order valence-corrected chi connectivity index (χ3v) is 3.80. The van der Waals surface area contributed by atoms with Crippen molar-refractivity contribution in [3.63, 3.8) is 0 Å². The topological polar surface area (TPSA) is 47.3 Å². The fourth-order valence-electron chi connectivity index (χ4n) is 1.27. The van der Waals surface area contributed by atoms with Crippen molar-refractivity contribution in [2.24, 2.45) is 5.84 Å². The fraction of sp³-hybridized carbons (Fsp3) is 0.500. The molecule has 1 aromatic rings. The van der Waals surface area contributed by atoms with Crippen LogP contribution < -0.4 is 11.3 Å². The van der Waals surface area contributed by atoms with E-state index in [9.17, 15) is 0 Å². The van der Waals surface area contributed by atoms with E-state index in [0.717, 1.165) is 23.3 Å². The van der Waals surface area contributed by atoms with Crippen LogP contribution >= 0.6 is 27.7 Å². The van der Waals surface area contributed by atoms with Gasteiger partial charge in [-0.15, -0.1) is 11.8 Å². The van der Waals surface area contributed by atoms with Crippen molar-refractivity contribution in [2.45, 2.75) is 24.3 Å². The molecule has 1 aromatic carbocycles. The summed E-state index contributed by atoms with van der Waals surface area (Å²) in [5.74, 6) is 6.40. The number of hydrazine groups is 1. The molecule has 96 valence electrons. The molecule has 0 aliphatic rings. The maximum absolute atomic E-state index is 5.50. The van der Waals surface area contributed by atoms with Gasteiger partial charge in [0.1, 0.15) is 0 Å². The van der Waals surface area contributed by atoms with Gasteiger partial charge in [0.15, 0.2) is 0 Å². The molecule has 5 heteroatoms. The molecule has 0 aliphatic heterocycles. The highest BCUT2D eigenvalue weighted by atomic mass is 79.9. The Labute approximate surface area is 116 Å². The molecule has 1 rings (SSSR count). The fourth-order valence-corrected chi connectivity index (χ4v) is 2.79. The summed E-state index contributed by atoms with van der Waals surface area (Å²) in [5.41, 5.74) is 2.79. The molecular formula is C12H19BrN2OS. The zero-order valence-corrected chi connectivity index (χ0v) is 12.4. The first-order valence-corrected chi connectivity index (χ1v) is 7.46. The SMILES string of the molecule is CCCOCC(CSc1cccc(Br)c1)NN. The number of nitrogens with one attached hydrogen (secondary N) is 1. The third kappa shape index (κ3) is 6.43. The molecule has 0 fully saturated rings. The number of benzene rings is 1. The van der Waals surface area contributed by atoms with Crippen molar-refractivity contribution in [3.8, 4) is 0 Å². The maximum atomic E-state index is 5.50. The molecule has 3 nitrogen and oxygen atoms in total. The van der Waals surface area contributed by atoms with E-state index in [4.69, 9.17) is 10.6 Å². The van der Waals surface area contributed by atoms with Gasteiger partial charge in [-0.2, -0.15) is 0 Å². The summed E-state index contributed by atoms with van der Waals surface area (Å²) in [6.45, 7) is 3.55. The quantitative estimate of drug-likeness (QED) is 0.335. The Kier molecular flexibility index (Phi) is 7.88. The first-order chi connectivity index (χ1) is 8.26. The number of thioether (sulfide) groups is 1. The van der Waals surface area contributed by atoms with Gasteiger partial charge in [-0.25, -0.2) is 0 Å². The number of ether oxygens (including phenoxy) is 1. The minimum atomic E-state index is 0.186. The van der Waals surface area contributed by atoms with Gasteiger partial charge in [0, 0.05) is 21.7 Å². The van der Waals surface area contributed by atoms with Gasteiger partial charge in [0.25, 0.3) is 0 Å². The highest BCUT2D eigenvalue weighted by molar-refractivity contribution is 9.10. The Morgan fingerprint density at radius 2 is 2.35 bits per heavy atom. The minimum absolute atomic E-state index is 0.186. The van der Waals surface area contributed by atoms with Gasteiger partial charge < -0.3 is 4.74 Å². The van der Waals surface area contributed by atoms with Crippen LogP contribution in [0.5, 0.6) is 0 Å². The molecule has 0 saturated carbocycles. The summed E-state index contributed by atoms with van der Waals surface area (Å²) < 4.78 is 6.58. The summed E-state index contributed by atoms with van der Waals surface area (Å²) in [7, 11) is 0. The summed E-state index contributed by atoms with van der Waals surface area (Å²) in [5, 5.41) is 0. The maximum Gasteiger partial charge on any atom is 0.0641 e. The minimum Gasteiger partial charge on any atom is -0.380 e. The molecule has 0 aromatic heterocycles. The molecule has 17 heavy (non-hydrogen) atoms. The molecular weight excluding hydrogens is 300 g/mol. The van der Waals surface area contributed by atoms with Crippen LogP contribution in [0.4, 0.5) is 0 Å². The van der Waals surface area contributed by atoms with E-state index < -0.39 is 0 Å². The van der Waals surface area contributed by atoms with E-state index >= 15 is 0 Å². The first kappa shape index (κ1) is 15.0. The predicted molar refractivity (Wildman–Crippen MR) is 77.1 cm³/mol. The third-order valence-electron chi connectivity index (χ3n) is 2.15. The summed E-state index contributed by atoms with van der Waals surface area (Å²) in [6.07, 6.45) is 1.04. The van der Waals surface area contributed by atoms with E-state index in [1.807, 2.05) is 12.1 Å². The van der Waals surface area contributed by atoms with Gasteiger partial charge in [-0.3, -0.25) is 11.3 Å². The van der Waals surface area contributed by atoms with Crippen molar-refractivity contribution < 1.29 is 4.74 Å². The highest BCUT2D eigenvalue weighted by Crippen LogP contribution is 2.22. The lowest BCUT2D eigenvalue weighted by Gasteiger charge is -2.15. The monoisotopic (exact) mass is 318 g/mol. The van der Waals surface area contributed by atoms with E-state index in [1.54, 1.807) is 11.8 Å². The number of hydrogen-bond acceptors (Lipinski definition) is 4. The Hall–Kier alpha value is -0.0700. The lowest BCUT2D eigenvalue weighted by Crippen LogP contribution is -2.40. The van der Waals surface area contributed by atoms with Crippen LogP contribution in [0.1, 0.15) is 13.3 Å². The zero-order chi connectivity index (χ0) is 12.5. The lowest BCUT2D eigenvalue weighted by atomic mass is 10.4. The first-order valence-electron chi connectivity index (χ1n) is 5.68. The average Bonchev–Trinajstić information content (AvgIpc) is 2.34. The lowest BCUT2D eigenvalue weighted by molar-refractivity contribution is 0.117. The van der Waals surface area contributed by atoms with E-state index in [2.05, 4.69) is 40.4 Å². The molecule has 3 N–H and O–H groups in total. The van der Waals surface area contributed by atoms with Crippen LogP contribution in [-0.4, -0.2) is 25.0 Å². The molecule has 0 saturated heterocycles. The number of nitrogens with two attached hydrogens (primary N) is 1. The number of rotatable bonds is 8. The molecule has 0 radical (unpaired) electrons. The van der Waals surface area contributed by atoms with E-state index in [-0.39, 0.29) is 6.04 Å². The Balaban J connectivity index is 2.31. The van der Waals surface area contributed by atoms with Crippen LogP contribution in [0, 0.1) is 0 Å². The van der Waals surface area contributed by atoms with Crippen molar-refractivity contribution >= 4 is 27.7 Å². The molecule has 0 heterocycles. The second kappa shape index (κ2) is 8.94. The van der Waals surface area contributed by atoms with Crippen molar-refractivity contribution in [1.82, 2.24) is 5.43 Å². The number of hydrogen-bond donors (Lipinski definition) is 2. The molecule has 1 atom stereocenters. The van der Waals surface area contributed by atoms with Crippen LogP contribution in [0.15, 0.2) is 33.6 Å². The number of halogens is 1. The standard InChI is InChI=1S/C12H19BrN2OS/c1-2-6-16-8-11(15-14)9-17-12-5-3-4-10(13)7-12/h3-5,7,11,15H,2,6,8-9,14H2,1H3. The molecule has 1 unspecified atom stereocenters. The van der Waals surface area contributed by atoms with Gasteiger partial charge >= 0.3 is 0 Å². The van der Waals surface area contributed by atoms with Crippen molar-refractivity contribution in [3.05, 3.63) is 28.7 Å². The zero-order valence-electron chi connectivity index (χ0n) is 9.99. The van der Waals surface area contributed by atoms with Crippen molar-refractivity contribution in [1.29, 1.82) is 0 Å².